The van der Waals surface area contributed by atoms with E-state index in [9.17, 15) is 4.79 Å². The fourth-order valence-corrected chi connectivity index (χ4v) is 2.18. The highest BCUT2D eigenvalue weighted by Gasteiger charge is 2.37. The zero-order chi connectivity index (χ0) is 10.7. The quantitative estimate of drug-likeness (QED) is 0.727. The van der Waals surface area contributed by atoms with Crippen molar-refractivity contribution in [2.45, 2.75) is 12.5 Å². The van der Waals surface area contributed by atoms with Crippen LogP contribution in [0.2, 0.25) is 0 Å². The second-order valence-corrected chi connectivity index (χ2v) is 4.74. The molecule has 1 aliphatic rings. The lowest BCUT2D eigenvalue weighted by molar-refractivity contribution is 0.0874. The number of thioether (sulfide) groups is 1. The Morgan fingerprint density at radius 2 is 2.20 bits per heavy atom. The number of hydrogen-bond acceptors (Lipinski definition) is 2. The van der Waals surface area contributed by atoms with Gasteiger partial charge in [0, 0.05) is 12.1 Å². The first-order valence-corrected chi connectivity index (χ1v) is 6.57. The topological polar surface area (TPSA) is 20.1 Å². The monoisotopic (exact) mass is 221 g/mol. The molecule has 0 spiro atoms. The summed E-state index contributed by atoms with van der Waals surface area (Å²) in [5.74, 6) is 1.32. The number of nitrogens with zero attached hydrogens (tertiary/aromatic N) is 1. The predicted molar refractivity (Wildman–Crippen MR) is 64.3 cm³/mol. The highest BCUT2D eigenvalue weighted by Crippen LogP contribution is 2.24. The molecule has 1 heterocycles. The van der Waals surface area contributed by atoms with Gasteiger partial charge in [-0.3, -0.25) is 4.79 Å². The van der Waals surface area contributed by atoms with Gasteiger partial charge in [-0.15, -0.1) is 0 Å². The lowest BCUT2D eigenvalue weighted by Gasteiger charge is -2.03. The van der Waals surface area contributed by atoms with Crippen molar-refractivity contribution in [1.29, 1.82) is 0 Å². The van der Waals surface area contributed by atoms with Crippen molar-refractivity contribution >= 4 is 17.7 Å². The molecule has 3 heteroatoms. The number of hydrogen-bond donors (Lipinski definition) is 0. The number of carbonyl (C=O) groups is 1. The maximum absolute atomic E-state index is 11.9. The van der Waals surface area contributed by atoms with Gasteiger partial charge in [0.1, 0.15) is 0 Å². The fourth-order valence-electron chi connectivity index (χ4n) is 1.68. The maximum Gasteiger partial charge on any atom is 0.254 e. The molecule has 0 bridgehead atoms. The van der Waals surface area contributed by atoms with Gasteiger partial charge in [-0.25, -0.2) is 0 Å². The highest BCUT2D eigenvalue weighted by atomic mass is 32.2. The molecule has 1 aromatic rings. The summed E-state index contributed by atoms with van der Waals surface area (Å²) in [6.07, 6.45) is 3.23. The third-order valence-corrected chi connectivity index (χ3v) is 3.30. The Labute approximate surface area is 94.7 Å². The van der Waals surface area contributed by atoms with E-state index in [-0.39, 0.29) is 5.91 Å². The number of rotatable bonds is 4. The standard InChI is InChI=1S/C12H15NOS/c1-15-8-7-11-9-13(11)12(14)10-5-3-2-4-6-10/h2-6,11H,7-9H2,1H3/t11-,13?/m0/s1. The summed E-state index contributed by atoms with van der Waals surface area (Å²) in [5, 5.41) is 0. The number of amides is 1. The third-order valence-electron chi connectivity index (χ3n) is 2.65. The molecule has 1 aliphatic heterocycles. The Kier molecular flexibility index (Phi) is 3.31. The van der Waals surface area contributed by atoms with Crippen LogP contribution in [-0.2, 0) is 0 Å². The van der Waals surface area contributed by atoms with Crippen molar-refractivity contribution in [2.75, 3.05) is 18.6 Å². The van der Waals surface area contributed by atoms with Crippen molar-refractivity contribution in [3.05, 3.63) is 35.9 Å². The lowest BCUT2D eigenvalue weighted by Crippen LogP contribution is -2.13. The molecule has 1 atom stereocenters. The van der Waals surface area contributed by atoms with Crippen molar-refractivity contribution in [2.24, 2.45) is 0 Å². The molecule has 15 heavy (non-hydrogen) atoms. The molecular weight excluding hydrogens is 206 g/mol. The van der Waals surface area contributed by atoms with E-state index >= 15 is 0 Å². The summed E-state index contributed by atoms with van der Waals surface area (Å²) in [4.78, 5) is 13.8. The molecule has 0 saturated carbocycles. The number of benzene rings is 1. The van der Waals surface area contributed by atoms with Gasteiger partial charge in [-0.2, -0.15) is 11.8 Å². The summed E-state index contributed by atoms with van der Waals surface area (Å²) in [7, 11) is 0. The van der Waals surface area contributed by atoms with E-state index in [1.54, 1.807) is 0 Å². The van der Waals surface area contributed by atoms with Crippen LogP contribution in [0.1, 0.15) is 16.8 Å². The van der Waals surface area contributed by atoms with Gasteiger partial charge in [-0.1, -0.05) is 18.2 Å². The maximum atomic E-state index is 11.9. The Hall–Kier alpha value is -0.960. The van der Waals surface area contributed by atoms with Crippen molar-refractivity contribution in [3.8, 4) is 0 Å². The predicted octanol–water partition coefficient (Wildman–Crippen LogP) is 2.26. The average Bonchev–Trinajstić information content (AvgIpc) is 3.06. The second-order valence-electron chi connectivity index (χ2n) is 3.76. The van der Waals surface area contributed by atoms with Crippen LogP contribution in [0.5, 0.6) is 0 Å². The normalized spacial score (nSPS) is 19.0. The van der Waals surface area contributed by atoms with Gasteiger partial charge < -0.3 is 4.90 Å². The van der Waals surface area contributed by atoms with E-state index < -0.39 is 0 Å². The molecule has 2 rings (SSSR count). The van der Waals surface area contributed by atoms with Gasteiger partial charge in [0.05, 0.1) is 6.04 Å². The Bertz CT molecular complexity index is 339. The van der Waals surface area contributed by atoms with Gasteiger partial charge in [0.25, 0.3) is 5.91 Å². The largest absolute Gasteiger partial charge is 0.332 e. The van der Waals surface area contributed by atoms with Gasteiger partial charge in [0.15, 0.2) is 0 Å². The first kappa shape index (κ1) is 10.6. The summed E-state index contributed by atoms with van der Waals surface area (Å²) in [6, 6.07) is 10.0. The van der Waals surface area contributed by atoms with E-state index in [4.69, 9.17) is 0 Å². The van der Waals surface area contributed by atoms with E-state index in [2.05, 4.69) is 6.26 Å². The molecule has 1 aromatic carbocycles. The van der Waals surface area contributed by atoms with E-state index in [1.165, 1.54) is 0 Å². The highest BCUT2D eigenvalue weighted by molar-refractivity contribution is 7.98. The molecule has 2 nitrogen and oxygen atoms in total. The first-order valence-electron chi connectivity index (χ1n) is 5.18. The molecule has 1 saturated heterocycles. The Balaban J connectivity index is 1.89. The van der Waals surface area contributed by atoms with Crippen LogP contribution in [0.3, 0.4) is 0 Å². The van der Waals surface area contributed by atoms with Crippen molar-refractivity contribution in [1.82, 2.24) is 4.90 Å². The minimum absolute atomic E-state index is 0.182. The molecule has 0 radical (unpaired) electrons. The smallest absolute Gasteiger partial charge is 0.254 e. The molecule has 1 fully saturated rings. The zero-order valence-electron chi connectivity index (χ0n) is 8.85. The molecular formula is C12H15NOS. The van der Waals surface area contributed by atoms with Crippen LogP contribution in [0.25, 0.3) is 0 Å². The SMILES string of the molecule is CSCC[C@H]1CN1C(=O)c1ccccc1. The fraction of sp³-hybridized carbons (Fsp3) is 0.417. The van der Waals surface area contributed by atoms with Gasteiger partial charge >= 0.3 is 0 Å². The summed E-state index contributed by atoms with van der Waals surface area (Å²) < 4.78 is 0. The molecule has 0 aliphatic carbocycles. The van der Waals surface area contributed by atoms with Crippen LogP contribution in [0.4, 0.5) is 0 Å². The van der Waals surface area contributed by atoms with E-state index in [0.717, 1.165) is 24.3 Å². The first-order chi connectivity index (χ1) is 7.33. The van der Waals surface area contributed by atoms with Gasteiger partial charge in [-0.05, 0) is 30.6 Å². The van der Waals surface area contributed by atoms with Crippen LogP contribution >= 0.6 is 11.8 Å². The Morgan fingerprint density at radius 1 is 1.47 bits per heavy atom. The van der Waals surface area contributed by atoms with E-state index in [0.29, 0.717) is 6.04 Å². The van der Waals surface area contributed by atoms with Gasteiger partial charge in [0.2, 0.25) is 0 Å². The average molecular weight is 221 g/mol. The summed E-state index contributed by atoms with van der Waals surface area (Å²) >= 11 is 1.84. The minimum atomic E-state index is 0.182. The summed E-state index contributed by atoms with van der Waals surface area (Å²) in [5.41, 5.74) is 0.809. The minimum Gasteiger partial charge on any atom is -0.332 e. The summed E-state index contributed by atoms with van der Waals surface area (Å²) in [6.45, 7) is 0.939. The van der Waals surface area contributed by atoms with Crippen LogP contribution in [-0.4, -0.2) is 35.4 Å². The van der Waals surface area contributed by atoms with Crippen molar-refractivity contribution < 1.29 is 4.79 Å². The number of carbonyl (C=O) groups excluding carboxylic acids is 1. The lowest BCUT2D eigenvalue weighted by atomic mass is 10.2. The second kappa shape index (κ2) is 4.71. The molecule has 0 aromatic heterocycles. The third kappa shape index (κ3) is 2.53. The zero-order valence-corrected chi connectivity index (χ0v) is 9.67. The Morgan fingerprint density at radius 3 is 2.87 bits per heavy atom. The van der Waals surface area contributed by atoms with E-state index in [1.807, 2.05) is 47.0 Å². The molecule has 1 amide bonds. The van der Waals surface area contributed by atoms with Crippen LogP contribution < -0.4 is 0 Å². The van der Waals surface area contributed by atoms with Crippen molar-refractivity contribution in [3.63, 3.8) is 0 Å². The van der Waals surface area contributed by atoms with Crippen LogP contribution in [0, 0.1) is 0 Å². The molecule has 0 unspecified atom stereocenters. The molecule has 0 N–H and O–H groups in total. The molecule has 80 valence electrons. The van der Waals surface area contributed by atoms with Crippen LogP contribution in [0.15, 0.2) is 30.3 Å².